The molecule has 1 unspecified atom stereocenters. The molecule has 6 nitrogen and oxygen atoms in total. The predicted octanol–water partition coefficient (Wildman–Crippen LogP) is 3.15. The maximum absolute atomic E-state index is 12.1. The first-order valence-electron chi connectivity index (χ1n) is 9.27. The number of rotatable bonds is 8. The van der Waals surface area contributed by atoms with Crippen LogP contribution in [0.1, 0.15) is 29.8 Å². The number of nitrogens with zero attached hydrogens (tertiary/aromatic N) is 1. The Morgan fingerprint density at radius 2 is 1.66 bits per heavy atom. The van der Waals surface area contributed by atoms with Gasteiger partial charge in [0.2, 0.25) is 0 Å². The molecule has 1 amide bonds. The van der Waals surface area contributed by atoms with Gasteiger partial charge in [-0.1, -0.05) is 54.1 Å². The zero-order valence-electron chi connectivity index (χ0n) is 16.6. The zero-order chi connectivity index (χ0) is 20.4. The molecule has 2 rings (SSSR count). The highest BCUT2D eigenvalue weighted by atomic mass is 127. The van der Waals surface area contributed by atoms with E-state index in [9.17, 15) is 9.90 Å². The highest BCUT2D eigenvalue weighted by Crippen LogP contribution is 2.20. The van der Waals surface area contributed by atoms with Crippen LogP contribution in [0.25, 0.3) is 0 Å². The molecular weight excluding hydrogens is 503 g/mol. The molecule has 0 aliphatic rings. The number of aliphatic hydroxyl groups is 1. The van der Waals surface area contributed by atoms with E-state index in [1.165, 1.54) is 0 Å². The number of carbonyl (C=O) groups is 1. The van der Waals surface area contributed by atoms with Gasteiger partial charge >= 0.3 is 0 Å². The first-order chi connectivity index (χ1) is 13.4. The second kappa shape index (κ2) is 12.7. The minimum atomic E-state index is -1.07. The summed E-state index contributed by atoms with van der Waals surface area (Å²) in [6.07, 6.45) is 0. The van der Waals surface area contributed by atoms with Crippen LogP contribution < -0.4 is 16.0 Å². The molecule has 0 fully saturated rings. The average Bonchev–Trinajstić information content (AvgIpc) is 2.70. The number of carbonyl (C=O) groups excluding carboxylic acids is 1. The normalized spacial score (nSPS) is 13.0. The molecule has 0 aliphatic carbocycles. The van der Waals surface area contributed by atoms with E-state index in [1.807, 2.05) is 37.3 Å². The second-order valence-electron chi connectivity index (χ2n) is 6.50. The topological polar surface area (TPSA) is 85.8 Å². The third kappa shape index (κ3) is 8.20. The summed E-state index contributed by atoms with van der Waals surface area (Å²) in [6, 6.07) is 16.4. The second-order valence-corrected chi connectivity index (χ2v) is 6.90. The molecule has 0 saturated carbocycles. The van der Waals surface area contributed by atoms with Gasteiger partial charge in [-0.2, -0.15) is 0 Å². The van der Waals surface area contributed by atoms with Gasteiger partial charge in [-0.25, -0.2) is 4.99 Å². The van der Waals surface area contributed by atoms with Crippen LogP contribution in [0.2, 0.25) is 5.02 Å². The van der Waals surface area contributed by atoms with E-state index in [1.54, 1.807) is 31.2 Å². The van der Waals surface area contributed by atoms with Crippen LogP contribution >= 0.6 is 35.6 Å². The Balaban J connectivity index is 0.00000420. The van der Waals surface area contributed by atoms with E-state index in [4.69, 9.17) is 11.6 Å². The highest BCUT2D eigenvalue weighted by molar-refractivity contribution is 14.0. The number of benzene rings is 2. The lowest BCUT2D eigenvalue weighted by Gasteiger charge is -2.22. The maximum atomic E-state index is 12.1. The molecule has 0 aromatic heterocycles. The van der Waals surface area contributed by atoms with Crippen molar-refractivity contribution in [1.29, 1.82) is 0 Å². The minimum absolute atomic E-state index is 0. The molecule has 0 aliphatic heterocycles. The van der Waals surface area contributed by atoms with Gasteiger partial charge in [-0.05, 0) is 31.5 Å². The van der Waals surface area contributed by atoms with Gasteiger partial charge in [0.1, 0.15) is 5.60 Å². The summed E-state index contributed by atoms with van der Waals surface area (Å²) < 4.78 is 0. The molecule has 2 aromatic rings. The number of guanidine groups is 1. The molecule has 0 radical (unpaired) electrons. The summed E-state index contributed by atoms with van der Waals surface area (Å²) in [7, 11) is 0. The van der Waals surface area contributed by atoms with Gasteiger partial charge in [0.25, 0.3) is 5.91 Å². The van der Waals surface area contributed by atoms with Gasteiger partial charge in [0, 0.05) is 19.6 Å². The smallest absolute Gasteiger partial charge is 0.252 e. The lowest BCUT2D eigenvalue weighted by atomic mass is 9.96. The molecule has 29 heavy (non-hydrogen) atoms. The van der Waals surface area contributed by atoms with E-state index in [-0.39, 0.29) is 36.4 Å². The molecular formula is C21H28ClIN4O2. The largest absolute Gasteiger partial charge is 0.384 e. The predicted molar refractivity (Wildman–Crippen MR) is 129 cm³/mol. The fourth-order valence-corrected chi connectivity index (χ4v) is 2.78. The lowest BCUT2D eigenvalue weighted by molar-refractivity contribution is 0.0672. The third-order valence-electron chi connectivity index (χ3n) is 4.11. The monoisotopic (exact) mass is 530 g/mol. The van der Waals surface area contributed by atoms with Crippen molar-refractivity contribution in [3.63, 3.8) is 0 Å². The van der Waals surface area contributed by atoms with Crippen molar-refractivity contribution in [2.24, 2.45) is 4.99 Å². The molecule has 0 heterocycles. The summed E-state index contributed by atoms with van der Waals surface area (Å²) in [5, 5.41) is 20.2. The van der Waals surface area contributed by atoms with Crippen LogP contribution in [0.4, 0.5) is 0 Å². The molecule has 4 N–H and O–H groups in total. The van der Waals surface area contributed by atoms with Crippen molar-refractivity contribution in [1.82, 2.24) is 16.0 Å². The van der Waals surface area contributed by atoms with Gasteiger partial charge in [0.15, 0.2) is 5.96 Å². The number of amides is 1. The molecule has 0 spiro atoms. The Labute approximate surface area is 194 Å². The standard InChI is InChI=1S/C21H27ClN4O2.HI/c1-3-23-20(26-15-21(2,28)16-9-5-4-6-10-16)25-14-13-24-19(27)17-11-7-8-12-18(17)22;/h4-12,28H,3,13-15H2,1-2H3,(H,24,27)(H2,23,25,26);1H. The van der Waals surface area contributed by atoms with Crippen LogP contribution in [0.5, 0.6) is 0 Å². The Hall–Kier alpha value is -1.84. The van der Waals surface area contributed by atoms with Crippen molar-refractivity contribution in [2.45, 2.75) is 19.4 Å². The number of nitrogens with one attached hydrogen (secondary N) is 3. The van der Waals surface area contributed by atoms with Gasteiger partial charge in [-0.3, -0.25) is 4.79 Å². The van der Waals surface area contributed by atoms with Crippen molar-refractivity contribution in [2.75, 3.05) is 26.2 Å². The Bertz CT molecular complexity index is 800. The van der Waals surface area contributed by atoms with Crippen LogP contribution in [-0.4, -0.2) is 43.2 Å². The van der Waals surface area contributed by atoms with Crippen LogP contribution in [0.15, 0.2) is 59.6 Å². The van der Waals surface area contributed by atoms with E-state index < -0.39 is 5.60 Å². The summed E-state index contributed by atoms with van der Waals surface area (Å²) in [5.41, 5.74) is 0.187. The van der Waals surface area contributed by atoms with Crippen LogP contribution in [0.3, 0.4) is 0 Å². The van der Waals surface area contributed by atoms with Gasteiger partial charge in [0.05, 0.1) is 17.1 Å². The summed E-state index contributed by atoms with van der Waals surface area (Å²) in [4.78, 5) is 16.6. The fraction of sp³-hybridized carbons (Fsp3) is 0.333. The quantitative estimate of drug-likeness (QED) is 0.183. The van der Waals surface area contributed by atoms with Gasteiger partial charge in [-0.15, -0.1) is 24.0 Å². The number of hydrogen-bond acceptors (Lipinski definition) is 3. The summed E-state index contributed by atoms with van der Waals surface area (Å²) in [5.74, 6) is 0.354. The molecule has 158 valence electrons. The minimum Gasteiger partial charge on any atom is -0.384 e. The zero-order valence-corrected chi connectivity index (χ0v) is 19.7. The Morgan fingerprint density at radius 3 is 2.31 bits per heavy atom. The SMILES string of the molecule is CCNC(=NCC(C)(O)c1ccccc1)NCCNC(=O)c1ccccc1Cl.I. The third-order valence-corrected chi connectivity index (χ3v) is 4.44. The van der Waals surface area contributed by atoms with E-state index >= 15 is 0 Å². The molecule has 1 atom stereocenters. The molecule has 2 aromatic carbocycles. The average molecular weight is 531 g/mol. The molecule has 8 heteroatoms. The first kappa shape index (κ1) is 25.2. The van der Waals surface area contributed by atoms with Crippen LogP contribution in [-0.2, 0) is 5.60 Å². The van der Waals surface area contributed by atoms with Crippen LogP contribution in [0, 0.1) is 0 Å². The highest BCUT2D eigenvalue weighted by Gasteiger charge is 2.22. The first-order valence-corrected chi connectivity index (χ1v) is 9.64. The lowest BCUT2D eigenvalue weighted by Crippen LogP contribution is -2.42. The fourth-order valence-electron chi connectivity index (χ4n) is 2.56. The number of halogens is 2. The Morgan fingerprint density at radius 1 is 1.03 bits per heavy atom. The van der Waals surface area contributed by atoms with Gasteiger partial charge < -0.3 is 21.1 Å². The number of aliphatic imine (C=N–C) groups is 1. The molecule has 0 bridgehead atoms. The Kier molecular flexibility index (Phi) is 11.0. The van der Waals surface area contributed by atoms with Crippen molar-refractivity contribution < 1.29 is 9.90 Å². The van der Waals surface area contributed by atoms with E-state index in [2.05, 4.69) is 20.9 Å². The summed E-state index contributed by atoms with van der Waals surface area (Å²) in [6.45, 7) is 5.48. The molecule has 0 saturated heterocycles. The summed E-state index contributed by atoms with van der Waals surface area (Å²) >= 11 is 6.03. The van der Waals surface area contributed by atoms with Crippen molar-refractivity contribution in [3.05, 3.63) is 70.7 Å². The maximum Gasteiger partial charge on any atom is 0.252 e. The van der Waals surface area contributed by atoms with E-state index in [0.717, 1.165) is 5.56 Å². The van der Waals surface area contributed by atoms with E-state index in [0.29, 0.717) is 36.2 Å². The van der Waals surface area contributed by atoms with Crippen molar-refractivity contribution in [3.8, 4) is 0 Å². The number of hydrogen-bond donors (Lipinski definition) is 4. The van der Waals surface area contributed by atoms with Crippen molar-refractivity contribution >= 4 is 47.4 Å².